The molecule has 2 N–H and O–H groups in total. The summed E-state index contributed by atoms with van der Waals surface area (Å²) in [6.07, 6.45) is 0. The molecule has 2 rings (SSSR count). The first kappa shape index (κ1) is 14.8. The van der Waals surface area contributed by atoms with E-state index in [-0.39, 0.29) is 16.5 Å². The molecular formula is C14H9ClINO3. The second kappa shape index (κ2) is 6.23. The third-order valence-electron chi connectivity index (χ3n) is 2.52. The van der Waals surface area contributed by atoms with Crippen LogP contribution >= 0.6 is 34.2 Å². The van der Waals surface area contributed by atoms with Crippen LogP contribution in [0.25, 0.3) is 0 Å². The van der Waals surface area contributed by atoms with Crippen LogP contribution < -0.4 is 5.32 Å². The van der Waals surface area contributed by atoms with Crippen molar-refractivity contribution in [3.8, 4) is 0 Å². The van der Waals surface area contributed by atoms with E-state index in [0.717, 1.165) is 3.57 Å². The maximum atomic E-state index is 12.1. The molecule has 0 aromatic heterocycles. The Bertz CT molecular complexity index is 688. The van der Waals surface area contributed by atoms with Gasteiger partial charge in [0.2, 0.25) is 0 Å². The number of carboxylic acid groups (broad SMARTS) is 1. The molecule has 2 aromatic rings. The topological polar surface area (TPSA) is 66.4 Å². The molecule has 0 unspecified atom stereocenters. The van der Waals surface area contributed by atoms with Gasteiger partial charge < -0.3 is 10.4 Å². The molecule has 6 heteroatoms. The van der Waals surface area contributed by atoms with Crippen molar-refractivity contribution < 1.29 is 14.7 Å². The predicted molar refractivity (Wildman–Crippen MR) is 85.5 cm³/mol. The summed E-state index contributed by atoms with van der Waals surface area (Å²) >= 11 is 7.90. The van der Waals surface area contributed by atoms with Gasteiger partial charge >= 0.3 is 5.97 Å². The third kappa shape index (κ3) is 3.49. The van der Waals surface area contributed by atoms with E-state index >= 15 is 0 Å². The maximum absolute atomic E-state index is 12.1. The van der Waals surface area contributed by atoms with E-state index in [9.17, 15) is 9.59 Å². The number of halogens is 2. The molecule has 1 amide bonds. The minimum absolute atomic E-state index is 0.0237. The van der Waals surface area contributed by atoms with Crippen LogP contribution in [0.3, 0.4) is 0 Å². The van der Waals surface area contributed by atoms with Crippen LogP contribution in [0.4, 0.5) is 5.69 Å². The fourth-order valence-electron chi connectivity index (χ4n) is 1.63. The van der Waals surface area contributed by atoms with Gasteiger partial charge in [-0.3, -0.25) is 4.79 Å². The van der Waals surface area contributed by atoms with E-state index in [1.54, 1.807) is 12.1 Å². The van der Waals surface area contributed by atoms with E-state index in [0.29, 0.717) is 11.3 Å². The van der Waals surface area contributed by atoms with Gasteiger partial charge in [0.05, 0.1) is 11.1 Å². The molecule has 0 saturated heterocycles. The lowest BCUT2D eigenvalue weighted by Crippen LogP contribution is -2.13. The first-order chi connectivity index (χ1) is 9.47. The van der Waals surface area contributed by atoms with Crippen molar-refractivity contribution in [2.75, 3.05) is 5.32 Å². The smallest absolute Gasteiger partial charge is 0.335 e. The lowest BCUT2D eigenvalue weighted by atomic mass is 10.1. The van der Waals surface area contributed by atoms with Crippen LogP contribution in [0.1, 0.15) is 20.7 Å². The number of amides is 1. The number of aromatic carboxylic acids is 1. The summed E-state index contributed by atoms with van der Waals surface area (Å²) in [7, 11) is 0. The van der Waals surface area contributed by atoms with Gasteiger partial charge in [-0.15, -0.1) is 0 Å². The quantitative estimate of drug-likeness (QED) is 0.767. The fourth-order valence-corrected chi connectivity index (χ4v) is 2.50. The summed E-state index contributed by atoms with van der Waals surface area (Å²) in [4.78, 5) is 23.1. The summed E-state index contributed by atoms with van der Waals surface area (Å²) in [5.41, 5.74) is 0.889. The highest BCUT2D eigenvalue weighted by atomic mass is 127. The number of rotatable bonds is 3. The first-order valence-electron chi connectivity index (χ1n) is 5.57. The van der Waals surface area contributed by atoms with Gasteiger partial charge in [-0.1, -0.05) is 23.7 Å². The van der Waals surface area contributed by atoms with Crippen molar-refractivity contribution in [1.82, 2.24) is 0 Å². The van der Waals surface area contributed by atoms with Crippen molar-refractivity contribution >= 4 is 51.8 Å². The van der Waals surface area contributed by atoms with E-state index in [1.807, 2.05) is 12.1 Å². The van der Waals surface area contributed by atoms with Crippen LogP contribution in [0.15, 0.2) is 42.5 Å². The van der Waals surface area contributed by atoms with E-state index in [4.69, 9.17) is 16.7 Å². The monoisotopic (exact) mass is 401 g/mol. The molecule has 0 spiro atoms. The van der Waals surface area contributed by atoms with Gasteiger partial charge in [-0.05, 0) is 52.9 Å². The molecule has 0 radical (unpaired) electrons. The Morgan fingerprint density at radius 2 is 1.85 bits per heavy atom. The van der Waals surface area contributed by atoms with Crippen LogP contribution in [-0.4, -0.2) is 17.0 Å². The number of carbonyl (C=O) groups excluding carboxylic acids is 1. The Morgan fingerprint density at radius 1 is 1.15 bits per heavy atom. The zero-order valence-corrected chi connectivity index (χ0v) is 13.0. The lowest BCUT2D eigenvalue weighted by molar-refractivity contribution is 0.0696. The molecule has 0 aliphatic rings. The van der Waals surface area contributed by atoms with E-state index < -0.39 is 5.97 Å². The Kier molecular flexibility index (Phi) is 4.61. The number of nitrogens with one attached hydrogen (secondary N) is 1. The van der Waals surface area contributed by atoms with Crippen molar-refractivity contribution in [2.45, 2.75) is 0 Å². The minimum atomic E-state index is -1.10. The largest absolute Gasteiger partial charge is 0.478 e. The normalized spacial score (nSPS) is 10.1. The second-order valence-electron chi connectivity index (χ2n) is 3.97. The fraction of sp³-hybridized carbons (Fsp3) is 0. The Hall–Kier alpha value is -1.60. The van der Waals surface area contributed by atoms with Gasteiger partial charge in [0.15, 0.2) is 0 Å². The number of hydrogen-bond acceptors (Lipinski definition) is 2. The van der Waals surface area contributed by atoms with Gasteiger partial charge in [0.25, 0.3) is 5.91 Å². The highest BCUT2D eigenvalue weighted by molar-refractivity contribution is 14.1. The predicted octanol–water partition coefficient (Wildman–Crippen LogP) is 3.90. The zero-order valence-electron chi connectivity index (χ0n) is 10.1. The van der Waals surface area contributed by atoms with Crippen molar-refractivity contribution in [3.63, 3.8) is 0 Å². The summed E-state index contributed by atoms with van der Waals surface area (Å²) in [6, 6.07) is 11.3. The zero-order chi connectivity index (χ0) is 14.7. The van der Waals surface area contributed by atoms with Crippen LogP contribution in [0.5, 0.6) is 0 Å². The number of carboxylic acids is 1. The Labute approximate surface area is 133 Å². The minimum Gasteiger partial charge on any atom is -0.478 e. The summed E-state index contributed by atoms with van der Waals surface area (Å²) < 4.78 is 0.808. The van der Waals surface area contributed by atoms with E-state index in [1.165, 1.54) is 18.2 Å². The summed E-state index contributed by atoms with van der Waals surface area (Å²) in [5.74, 6) is -1.41. The summed E-state index contributed by atoms with van der Waals surface area (Å²) in [6.45, 7) is 0. The highest BCUT2D eigenvalue weighted by Gasteiger charge is 2.12. The average molecular weight is 402 g/mol. The molecule has 0 fully saturated rings. The molecular weight excluding hydrogens is 393 g/mol. The van der Waals surface area contributed by atoms with E-state index in [2.05, 4.69) is 27.9 Å². The molecule has 0 heterocycles. The second-order valence-corrected chi connectivity index (χ2v) is 5.57. The van der Waals surface area contributed by atoms with Crippen molar-refractivity contribution in [1.29, 1.82) is 0 Å². The summed E-state index contributed by atoms with van der Waals surface area (Å²) in [5, 5.41) is 11.9. The highest BCUT2D eigenvalue weighted by Crippen LogP contribution is 2.21. The molecule has 20 heavy (non-hydrogen) atoms. The van der Waals surface area contributed by atoms with Gasteiger partial charge in [-0.25, -0.2) is 4.79 Å². The van der Waals surface area contributed by atoms with Gasteiger partial charge in [-0.2, -0.15) is 0 Å². The number of benzene rings is 2. The molecule has 0 bridgehead atoms. The molecule has 4 nitrogen and oxygen atoms in total. The lowest BCUT2D eigenvalue weighted by Gasteiger charge is -2.08. The van der Waals surface area contributed by atoms with Gasteiger partial charge in [0, 0.05) is 14.3 Å². The SMILES string of the molecule is O=C(O)c1cc(Cl)cc(NC(=O)c2ccccc2I)c1. The van der Waals surface area contributed by atoms with Crippen LogP contribution in [-0.2, 0) is 0 Å². The Balaban J connectivity index is 2.28. The van der Waals surface area contributed by atoms with Crippen molar-refractivity contribution in [2.24, 2.45) is 0 Å². The number of carbonyl (C=O) groups is 2. The molecule has 0 aliphatic carbocycles. The molecule has 0 saturated carbocycles. The average Bonchev–Trinajstić information content (AvgIpc) is 2.38. The molecule has 2 aromatic carbocycles. The maximum Gasteiger partial charge on any atom is 0.335 e. The molecule has 0 aliphatic heterocycles. The van der Waals surface area contributed by atoms with Gasteiger partial charge in [0.1, 0.15) is 0 Å². The van der Waals surface area contributed by atoms with Crippen LogP contribution in [0.2, 0.25) is 5.02 Å². The molecule has 0 atom stereocenters. The number of anilines is 1. The van der Waals surface area contributed by atoms with Crippen molar-refractivity contribution in [3.05, 3.63) is 62.2 Å². The Morgan fingerprint density at radius 3 is 2.50 bits per heavy atom. The van der Waals surface area contributed by atoms with Crippen LogP contribution in [0, 0.1) is 3.57 Å². The first-order valence-corrected chi connectivity index (χ1v) is 7.03. The third-order valence-corrected chi connectivity index (χ3v) is 3.68. The molecule has 102 valence electrons. The standard InChI is InChI=1S/C14H9ClINO3/c15-9-5-8(14(19)20)6-10(7-9)17-13(18)11-3-1-2-4-12(11)16/h1-7H,(H,17,18)(H,19,20). The number of hydrogen-bond donors (Lipinski definition) is 2.